The van der Waals surface area contributed by atoms with E-state index >= 15 is 0 Å². The van der Waals surface area contributed by atoms with Crippen LogP contribution in [0.15, 0.2) is 71.9 Å². The Labute approximate surface area is 214 Å². The maximum absolute atomic E-state index is 12.4. The number of unbranched alkanes of at least 4 members (excludes halogenated alkanes) is 3. The fourth-order valence-corrected chi connectivity index (χ4v) is 3.10. The molecule has 0 spiro atoms. The van der Waals surface area contributed by atoms with E-state index in [1.165, 1.54) is 12.8 Å². The molecule has 0 fully saturated rings. The first-order chi connectivity index (χ1) is 16.7. The maximum atomic E-state index is 12.4. The number of rotatable bonds is 14. The second-order valence-electron chi connectivity index (χ2n) is 7.54. The van der Waals surface area contributed by atoms with E-state index in [-0.39, 0.29) is 5.78 Å². The Hall–Kier alpha value is -3.30. The van der Waals surface area contributed by atoms with Gasteiger partial charge in [-0.05, 0) is 62.8 Å². The molecule has 0 saturated heterocycles. The number of benzene rings is 1. The molecule has 0 atom stereocenters. The number of halogens is 1. The van der Waals surface area contributed by atoms with E-state index in [1.807, 2.05) is 24.3 Å². The largest absolute Gasteiger partial charge is 0.492 e. The molecular formula is C26H31BrN2O6. The smallest absolute Gasteiger partial charge is 0.328 e. The van der Waals surface area contributed by atoms with Gasteiger partial charge in [-0.2, -0.15) is 0 Å². The fourth-order valence-electron chi connectivity index (χ4n) is 2.83. The summed E-state index contributed by atoms with van der Waals surface area (Å²) in [4.78, 5) is 38.0. The fraction of sp³-hybridized carbons (Fsp3) is 0.308. The number of likely N-dealkylation sites (N-methyl/N-ethyl adjacent to an activating group) is 1. The molecule has 35 heavy (non-hydrogen) atoms. The van der Waals surface area contributed by atoms with Crippen molar-refractivity contribution in [1.82, 2.24) is 9.88 Å². The number of carboxylic acids is 2. The van der Waals surface area contributed by atoms with Crippen LogP contribution >= 0.6 is 15.9 Å². The molecule has 0 aliphatic heterocycles. The highest BCUT2D eigenvalue weighted by atomic mass is 79.9. The lowest BCUT2D eigenvalue weighted by Gasteiger charge is -2.13. The normalized spacial score (nSPS) is 10.5. The molecule has 1 aromatic heterocycles. The first kappa shape index (κ1) is 29.7. The minimum absolute atomic E-state index is 0.0875. The lowest BCUT2D eigenvalue weighted by Crippen LogP contribution is -2.19. The van der Waals surface area contributed by atoms with E-state index in [0.29, 0.717) is 35.8 Å². The third-order valence-electron chi connectivity index (χ3n) is 4.59. The van der Waals surface area contributed by atoms with Crippen LogP contribution in [0.4, 0.5) is 0 Å². The topological polar surface area (TPSA) is 117 Å². The van der Waals surface area contributed by atoms with Crippen LogP contribution in [0.3, 0.4) is 0 Å². The van der Waals surface area contributed by atoms with Gasteiger partial charge in [0.2, 0.25) is 5.78 Å². The number of nitrogens with zero attached hydrogens (tertiary/aromatic N) is 2. The highest BCUT2D eigenvalue weighted by Crippen LogP contribution is 2.16. The number of carboxylic acid groups (broad SMARTS) is 2. The SMILES string of the molecule is C=CCN(C)CCCCCCOc1ccc(C(=O)c2ccc(Br)cc2)nc1.O=C(O)/C=C/C(=O)O. The van der Waals surface area contributed by atoms with Gasteiger partial charge in [0.25, 0.3) is 0 Å². The second kappa shape index (κ2) is 17.2. The Balaban J connectivity index is 0.000000658. The molecule has 1 heterocycles. The average Bonchev–Trinajstić information content (AvgIpc) is 2.83. The van der Waals surface area contributed by atoms with Crippen molar-refractivity contribution < 1.29 is 29.3 Å². The van der Waals surface area contributed by atoms with Crippen LogP contribution in [0.5, 0.6) is 5.75 Å². The number of ketones is 1. The Morgan fingerprint density at radius 2 is 1.63 bits per heavy atom. The van der Waals surface area contributed by atoms with Gasteiger partial charge in [-0.15, -0.1) is 6.58 Å². The summed E-state index contributed by atoms with van der Waals surface area (Å²) in [5.41, 5.74) is 1.05. The van der Waals surface area contributed by atoms with Crippen LogP contribution in [0.1, 0.15) is 41.7 Å². The lowest BCUT2D eigenvalue weighted by atomic mass is 10.1. The van der Waals surface area contributed by atoms with Crippen LogP contribution in [0, 0.1) is 0 Å². The number of pyridine rings is 1. The van der Waals surface area contributed by atoms with E-state index in [2.05, 4.69) is 39.4 Å². The summed E-state index contributed by atoms with van der Waals surface area (Å²) in [5, 5.41) is 15.6. The molecule has 2 N–H and O–H groups in total. The number of hydrogen-bond acceptors (Lipinski definition) is 6. The molecule has 0 unspecified atom stereocenters. The lowest BCUT2D eigenvalue weighted by molar-refractivity contribution is -0.134. The summed E-state index contributed by atoms with van der Waals surface area (Å²) in [6.07, 6.45) is 9.23. The zero-order chi connectivity index (χ0) is 26.1. The van der Waals surface area contributed by atoms with E-state index < -0.39 is 11.9 Å². The van der Waals surface area contributed by atoms with Crippen LogP contribution in [-0.4, -0.2) is 64.6 Å². The van der Waals surface area contributed by atoms with Gasteiger partial charge in [0, 0.05) is 28.7 Å². The first-order valence-electron chi connectivity index (χ1n) is 11.1. The molecule has 188 valence electrons. The molecule has 2 rings (SSSR count). The van der Waals surface area contributed by atoms with Crippen molar-refractivity contribution in [2.24, 2.45) is 0 Å². The number of carbonyl (C=O) groups is 3. The van der Waals surface area contributed by atoms with Crippen molar-refractivity contribution in [3.63, 3.8) is 0 Å². The molecule has 0 amide bonds. The Kier molecular flexibility index (Phi) is 14.6. The summed E-state index contributed by atoms with van der Waals surface area (Å²) in [5.74, 6) is -1.90. The summed E-state index contributed by atoms with van der Waals surface area (Å²) in [7, 11) is 2.11. The highest BCUT2D eigenvalue weighted by molar-refractivity contribution is 9.10. The van der Waals surface area contributed by atoms with Crippen LogP contribution in [-0.2, 0) is 9.59 Å². The molecule has 0 bridgehead atoms. The predicted octanol–water partition coefficient (Wildman–Crippen LogP) is 4.84. The number of ether oxygens (including phenoxy) is 1. The van der Waals surface area contributed by atoms with Crippen molar-refractivity contribution in [3.8, 4) is 5.75 Å². The van der Waals surface area contributed by atoms with Crippen molar-refractivity contribution >= 4 is 33.7 Å². The van der Waals surface area contributed by atoms with E-state index in [4.69, 9.17) is 14.9 Å². The zero-order valence-electron chi connectivity index (χ0n) is 19.7. The second-order valence-corrected chi connectivity index (χ2v) is 8.45. The van der Waals surface area contributed by atoms with Gasteiger partial charge in [-0.25, -0.2) is 14.6 Å². The zero-order valence-corrected chi connectivity index (χ0v) is 21.3. The minimum Gasteiger partial charge on any atom is -0.492 e. The van der Waals surface area contributed by atoms with Crippen molar-refractivity contribution in [2.75, 3.05) is 26.7 Å². The average molecular weight is 547 g/mol. The van der Waals surface area contributed by atoms with Crippen LogP contribution < -0.4 is 4.74 Å². The molecule has 2 aromatic rings. The van der Waals surface area contributed by atoms with Crippen LogP contribution in [0.25, 0.3) is 0 Å². The van der Waals surface area contributed by atoms with E-state index in [1.54, 1.807) is 24.4 Å². The first-order valence-corrected chi connectivity index (χ1v) is 11.8. The van der Waals surface area contributed by atoms with Gasteiger partial charge in [0.15, 0.2) is 0 Å². The summed E-state index contributed by atoms with van der Waals surface area (Å²) >= 11 is 3.37. The van der Waals surface area contributed by atoms with E-state index in [0.717, 1.165) is 30.4 Å². The quantitative estimate of drug-likeness (QED) is 0.149. The van der Waals surface area contributed by atoms with Gasteiger partial charge in [-0.1, -0.05) is 34.8 Å². The number of aliphatic carboxylic acids is 2. The van der Waals surface area contributed by atoms with Gasteiger partial charge in [0.05, 0.1) is 12.8 Å². The summed E-state index contributed by atoms with van der Waals surface area (Å²) in [6, 6.07) is 10.8. The summed E-state index contributed by atoms with van der Waals surface area (Å²) < 4.78 is 6.67. The molecule has 0 saturated carbocycles. The third kappa shape index (κ3) is 13.9. The minimum atomic E-state index is -1.26. The van der Waals surface area contributed by atoms with Gasteiger partial charge < -0.3 is 19.8 Å². The Morgan fingerprint density at radius 3 is 2.17 bits per heavy atom. The van der Waals surface area contributed by atoms with Crippen LogP contribution in [0.2, 0.25) is 0 Å². The van der Waals surface area contributed by atoms with E-state index in [9.17, 15) is 14.4 Å². The molecule has 0 radical (unpaired) electrons. The molecule has 1 aromatic carbocycles. The van der Waals surface area contributed by atoms with Crippen molar-refractivity contribution in [3.05, 3.63) is 83.1 Å². The molecular weight excluding hydrogens is 516 g/mol. The van der Waals surface area contributed by atoms with Gasteiger partial charge >= 0.3 is 11.9 Å². The molecule has 0 aliphatic rings. The predicted molar refractivity (Wildman–Crippen MR) is 138 cm³/mol. The Bertz CT molecular complexity index is 958. The number of hydrogen-bond donors (Lipinski definition) is 2. The summed E-state index contributed by atoms with van der Waals surface area (Å²) in [6.45, 7) is 6.46. The van der Waals surface area contributed by atoms with Crippen molar-refractivity contribution in [1.29, 1.82) is 0 Å². The standard InChI is InChI=1S/C22H27BrN2O2.C4H4O4/c1-3-14-25(2)15-6-4-5-7-16-27-20-12-13-21(24-17-20)22(26)18-8-10-19(23)11-9-18;5-3(6)1-2-4(7)8/h3,8-13,17H,1,4-7,14-16H2,2H3;1-2H,(H,5,6)(H,7,8)/b;2-1+. The molecule has 0 aliphatic carbocycles. The third-order valence-corrected chi connectivity index (χ3v) is 5.12. The number of aromatic nitrogens is 1. The Morgan fingerprint density at radius 1 is 1.00 bits per heavy atom. The number of carbonyl (C=O) groups excluding carboxylic acids is 1. The monoisotopic (exact) mass is 546 g/mol. The van der Waals surface area contributed by atoms with Gasteiger partial charge in [0.1, 0.15) is 11.4 Å². The van der Waals surface area contributed by atoms with Gasteiger partial charge in [-0.3, -0.25) is 4.79 Å². The maximum Gasteiger partial charge on any atom is 0.328 e. The van der Waals surface area contributed by atoms with Crippen molar-refractivity contribution in [2.45, 2.75) is 25.7 Å². The molecule has 8 nitrogen and oxygen atoms in total. The molecule has 9 heteroatoms. The highest BCUT2D eigenvalue weighted by Gasteiger charge is 2.10.